The average molecular weight is 227 g/mol. The predicted molar refractivity (Wildman–Crippen MR) is 63.1 cm³/mol. The molecule has 0 spiro atoms. The maximum atomic E-state index is 12.8. The first-order chi connectivity index (χ1) is 8.24. The number of aryl methyl sites for hydroxylation is 1. The Morgan fingerprint density at radius 1 is 0.941 bits per heavy atom. The van der Waals surface area contributed by atoms with Crippen LogP contribution in [0.4, 0.5) is 4.39 Å². The van der Waals surface area contributed by atoms with Crippen molar-refractivity contribution in [2.45, 2.75) is 6.92 Å². The highest BCUT2D eigenvalue weighted by Crippen LogP contribution is 2.20. The van der Waals surface area contributed by atoms with E-state index in [0.717, 1.165) is 22.6 Å². The van der Waals surface area contributed by atoms with Gasteiger partial charge in [0.15, 0.2) is 5.65 Å². The highest BCUT2D eigenvalue weighted by atomic mass is 19.1. The van der Waals surface area contributed by atoms with Gasteiger partial charge in [0.25, 0.3) is 0 Å². The van der Waals surface area contributed by atoms with E-state index >= 15 is 0 Å². The van der Waals surface area contributed by atoms with Crippen LogP contribution < -0.4 is 0 Å². The molecule has 3 aromatic rings. The van der Waals surface area contributed by atoms with Crippen molar-refractivity contribution < 1.29 is 4.39 Å². The number of pyridine rings is 1. The van der Waals surface area contributed by atoms with Crippen LogP contribution in [0.1, 0.15) is 5.82 Å². The summed E-state index contributed by atoms with van der Waals surface area (Å²) < 4.78 is 14.8. The highest BCUT2D eigenvalue weighted by molar-refractivity contribution is 5.64. The molecular formula is C13H10FN3. The van der Waals surface area contributed by atoms with Crippen LogP contribution in [0.15, 0.2) is 42.6 Å². The number of hydrogen-bond acceptors (Lipinski definition) is 2. The molecule has 0 bridgehead atoms. The molecule has 2 aromatic heterocycles. The molecule has 0 amide bonds. The summed E-state index contributed by atoms with van der Waals surface area (Å²) in [7, 11) is 0. The zero-order valence-electron chi connectivity index (χ0n) is 9.26. The molecule has 3 nitrogen and oxygen atoms in total. The zero-order valence-corrected chi connectivity index (χ0v) is 9.26. The molecule has 84 valence electrons. The van der Waals surface area contributed by atoms with Crippen molar-refractivity contribution in [3.8, 4) is 11.1 Å². The molecule has 0 saturated carbocycles. The average Bonchev–Trinajstić information content (AvgIpc) is 2.72. The Labute approximate surface area is 97.5 Å². The van der Waals surface area contributed by atoms with Gasteiger partial charge in [0.05, 0.1) is 0 Å². The standard InChI is InChI=1S/C13H10FN3/c1-9-15-16-13-7-4-11(8-17(9)13)10-2-5-12(14)6-3-10/h2-8H,1H3. The van der Waals surface area contributed by atoms with E-state index in [-0.39, 0.29) is 5.82 Å². The third kappa shape index (κ3) is 1.67. The minimum absolute atomic E-state index is 0.227. The molecule has 0 unspecified atom stereocenters. The summed E-state index contributed by atoms with van der Waals surface area (Å²) in [6.07, 6.45) is 1.96. The molecule has 4 heteroatoms. The zero-order chi connectivity index (χ0) is 11.8. The third-order valence-electron chi connectivity index (χ3n) is 2.75. The predicted octanol–water partition coefficient (Wildman–Crippen LogP) is 2.84. The number of halogens is 1. The fourth-order valence-electron chi connectivity index (χ4n) is 1.82. The van der Waals surface area contributed by atoms with Gasteiger partial charge in [-0.2, -0.15) is 0 Å². The fourth-order valence-corrected chi connectivity index (χ4v) is 1.82. The van der Waals surface area contributed by atoms with Crippen molar-refractivity contribution in [3.63, 3.8) is 0 Å². The van der Waals surface area contributed by atoms with Gasteiger partial charge >= 0.3 is 0 Å². The molecule has 0 atom stereocenters. The van der Waals surface area contributed by atoms with Gasteiger partial charge < -0.3 is 0 Å². The number of benzene rings is 1. The lowest BCUT2D eigenvalue weighted by molar-refractivity contribution is 0.628. The van der Waals surface area contributed by atoms with E-state index in [0.29, 0.717) is 0 Å². The van der Waals surface area contributed by atoms with Gasteiger partial charge in [0.1, 0.15) is 11.6 Å². The van der Waals surface area contributed by atoms with Gasteiger partial charge in [0.2, 0.25) is 0 Å². The summed E-state index contributed by atoms with van der Waals surface area (Å²) in [4.78, 5) is 0. The van der Waals surface area contributed by atoms with Crippen LogP contribution in [0.5, 0.6) is 0 Å². The smallest absolute Gasteiger partial charge is 0.160 e. The van der Waals surface area contributed by atoms with E-state index < -0.39 is 0 Å². The lowest BCUT2D eigenvalue weighted by Gasteiger charge is -2.03. The normalized spacial score (nSPS) is 10.9. The molecule has 0 N–H and O–H groups in total. The summed E-state index contributed by atoms with van der Waals surface area (Å²) >= 11 is 0. The molecule has 0 aliphatic heterocycles. The summed E-state index contributed by atoms with van der Waals surface area (Å²) in [5, 5.41) is 8.02. The Balaban J connectivity index is 2.17. The first kappa shape index (κ1) is 9.96. The number of fused-ring (bicyclic) bond motifs is 1. The van der Waals surface area contributed by atoms with Gasteiger partial charge in [-0.1, -0.05) is 12.1 Å². The van der Waals surface area contributed by atoms with Crippen LogP contribution >= 0.6 is 0 Å². The van der Waals surface area contributed by atoms with Crippen LogP contribution in [0.2, 0.25) is 0 Å². The van der Waals surface area contributed by atoms with Crippen molar-refractivity contribution in [2.24, 2.45) is 0 Å². The van der Waals surface area contributed by atoms with E-state index in [1.54, 1.807) is 12.1 Å². The highest BCUT2D eigenvalue weighted by Gasteiger charge is 2.03. The van der Waals surface area contributed by atoms with Crippen molar-refractivity contribution in [3.05, 3.63) is 54.2 Å². The topological polar surface area (TPSA) is 30.2 Å². The lowest BCUT2D eigenvalue weighted by atomic mass is 10.1. The van der Waals surface area contributed by atoms with Gasteiger partial charge in [0, 0.05) is 6.20 Å². The molecule has 2 heterocycles. The third-order valence-corrected chi connectivity index (χ3v) is 2.75. The molecule has 0 saturated heterocycles. The summed E-state index contributed by atoms with van der Waals surface area (Å²) in [5.74, 6) is 0.610. The lowest BCUT2D eigenvalue weighted by Crippen LogP contribution is -1.89. The van der Waals surface area contributed by atoms with Crippen LogP contribution in [0.25, 0.3) is 16.8 Å². The van der Waals surface area contributed by atoms with Gasteiger partial charge in [-0.05, 0) is 42.3 Å². The Morgan fingerprint density at radius 3 is 2.41 bits per heavy atom. The first-order valence-electron chi connectivity index (χ1n) is 5.31. The largest absolute Gasteiger partial charge is 0.286 e. The van der Waals surface area contributed by atoms with Gasteiger partial charge in [-0.3, -0.25) is 4.40 Å². The van der Waals surface area contributed by atoms with Gasteiger partial charge in [-0.15, -0.1) is 10.2 Å². The summed E-state index contributed by atoms with van der Waals surface area (Å²) in [6, 6.07) is 10.3. The maximum Gasteiger partial charge on any atom is 0.160 e. The second-order valence-electron chi connectivity index (χ2n) is 3.90. The summed E-state index contributed by atoms with van der Waals surface area (Å²) in [5.41, 5.74) is 2.80. The molecular weight excluding hydrogens is 217 g/mol. The second kappa shape index (κ2) is 3.66. The van der Waals surface area contributed by atoms with E-state index in [2.05, 4.69) is 10.2 Å². The maximum absolute atomic E-state index is 12.8. The van der Waals surface area contributed by atoms with Crippen LogP contribution in [-0.2, 0) is 0 Å². The second-order valence-corrected chi connectivity index (χ2v) is 3.90. The van der Waals surface area contributed by atoms with Crippen molar-refractivity contribution in [2.75, 3.05) is 0 Å². The van der Waals surface area contributed by atoms with E-state index in [9.17, 15) is 4.39 Å². The van der Waals surface area contributed by atoms with Crippen molar-refractivity contribution in [1.82, 2.24) is 14.6 Å². The van der Waals surface area contributed by atoms with Crippen molar-refractivity contribution >= 4 is 5.65 Å². The Bertz CT molecular complexity index is 671. The van der Waals surface area contributed by atoms with Gasteiger partial charge in [-0.25, -0.2) is 4.39 Å². The molecule has 0 aliphatic carbocycles. The molecule has 0 fully saturated rings. The van der Waals surface area contributed by atoms with Crippen LogP contribution in [0, 0.1) is 12.7 Å². The fraction of sp³-hybridized carbons (Fsp3) is 0.0769. The monoisotopic (exact) mass is 227 g/mol. The Kier molecular flexibility index (Phi) is 2.14. The number of rotatable bonds is 1. The Hall–Kier alpha value is -2.23. The molecule has 0 radical (unpaired) electrons. The SMILES string of the molecule is Cc1nnc2ccc(-c3ccc(F)cc3)cn12. The van der Waals surface area contributed by atoms with Crippen molar-refractivity contribution in [1.29, 1.82) is 0 Å². The molecule has 1 aromatic carbocycles. The quantitative estimate of drug-likeness (QED) is 0.640. The van der Waals surface area contributed by atoms with E-state index in [1.807, 2.05) is 29.7 Å². The molecule has 3 rings (SSSR count). The minimum atomic E-state index is -0.227. The van der Waals surface area contributed by atoms with E-state index in [1.165, 1.54) is 12.1 Å². The Morgan fingerprint density at radius 2 is 1.65 bits per heavy atom. The number of nitrogens with zero attached hydrogens (tertiary/aromatic N) is 3. The molecule has 0 aliphatic rings. The summed E-state index contributed by atoms with van der Waals surface area (Å²) in [6.45, 7) is 1.90. The molecule has 17 heavy (non-hydrogen) atoms. The first-order valence-corrected chi connectivity index (χ1v) is 5.31. The number of hydrogen-bond donors (Lipinski definition) is 0. The van der Waals surface area contributed by atoms with Crippen LogP contribution in [-0.4, -0.2) is 14.6 Å². The van der Waals surface area contributed by atoms with Crippen LogP contribution in [0.3, 0.4) is 0 Å². The minimum Gasteiger partial charge on any atom is -0.286 e. The number of aromatic nitrogens is 3. The van der Waals surface area contributed by atoms with E-state index in [4.69, 9.17) is 0 Å².